The Morgan fingerprint density at radius 3 is 2.40 bits per heavy atom. The molecule has 2 aliphatic rings. The van der Waals surface area contributed by atoms with Gasteiger partial charge in [0.15, 0.2) is 0 Å². The first kappa shape index (κ1) is 19.2. The number of hydrogen-bond donors (Lipinski definition) is 2. The largest absolute Gasteiger partial charge is 0.497 e. The average molecular weight is 406 g/mol. The van der Waals surface area contributed by atoms with Crippen molar-refractivity contribution < 1.29 is 13.9 Å². The quantitative estimate of drug-likeness (QED) is 0.672. The summed E-state index contributed by atoms with van der Waals surface area (Å²) in [6, 6.07) is 18.7. The van der Waals surface area contributed by atoms with Crippen molar-refractivity contribution in [3.63, 3.8) is 0 Å². The van der Waals surface area contributed by atoms with Gasteiger partial charge in [-0.05, 0) is 42.5 Å². The summed E-state index contributed by atoms with van der Waals surface area (Å²) in [5, 5.41) is 8.92. The van der Waals surface area contributed by atoms with Gasteiger partial charge in [-0.2, -0.15) is 0 Å². The van der Waals surface area contributed by atoms with Crippen LogP contribution in [0.4, 0.5) is 0 Å². The van der Waals surface area contributed by atoms with E-state index in [0.717, 1.165) is 30.6 Å². The van der Waals surface area contributed by atoms with Gasteiger partial charge in [-0.15, -0.1) is 10.2 Å². The van der Waals surface area contributed by atoms with Gasteiger partial charge in [0.25, 0.3) is 0 Å². The summed E-state index contributed by atoms with van der Waals surface area (Å²) < 4.78 is 17.3. The fourth-order valence-electron chi connectivity index (χ4n) is 4.45. The number of nitrogens with zero attached hydrogens (tertiary/aromatic N) is 2. The maximum Gasteiger partial charge on any atom is 0.234 e. The van der Waals surface area contributed by atoms with Crippen LogP contribution >= 0.6 is 0 Å². The second kappa shape index (κ2) is 8.18. The molecular formula is C23H26N4O3. The third kappa shape index (κ3) is 3.49. The van der Waals surface area contributed by atoms with Gasteiger partial charge in [-0.1, -0.05) is 42.5 Å². The third-order valence-electron chi connectivity index (χ3n) is 6.24. The van der Waals surface area contributed by atoms with Crippen LogP contribution < -0.4 is 15.6 Å². The van der Waals surface area contributed by atoms with Crippen molar-refractivity contribution >= 4 is 0 Å². The monoisotopic (exact) mass is 406 g/mol. The Balaban J connectivity index is 1.40. The first-order valence-corrected chi connectivity index (χ1v) is 10.4. The van der Waals surface area contributed by atoms with Crippen LogP contribution in [-0.2, 0) is 10.2 Å². The van der Waals surface area contributed by atoms with Crippen molar-refractivity contribution in [3.05, 3.63) is 77.5 Å². The molecule has 2 N–H and O–H groups in total. The number of methoxy groups -OCH3 is 1. The number of nitrogens with one attached hydrogen (secondary N) is 2. The summed E-state index contributed by atoms with van der Waals surface area (Å²) in [5.41, 5.74) is 8.73. The predicted octanol–water partition coefficient (Wildman–Crippen LogP) is 3.46. The Kier molecular flexibility index (Phi) is 5.25. The summed E-state index contributed by atoms with van der Waals surface area (Å²) in [4.78, 5) is 0. The lowest BCUT2D eigenvalue weighted by Crippen LogP contribution is -2.35. The highest BCUT2D eigenvalue weighted by atomic mass is 16.5. The minimum absolute atomic E-state index is 0.0239. The van der Waals surface area contributed by atoms with Gasteiger partial charge in [0, 0.05) is 19.3 Å². The summed E-state index contributed by atoms with van der Waals surface area (Å²) >= 11 is 0. The Bertz CT molecular complexity index is 968. The molecular weight excluding hydrogens is 380 g/mol. The highest BCUT2D eigenvalue weighted by molar-refractivity contribution is 5.37. The molecule has 0 aliphatic carbocycles. The number of hydrazine groups is 1. The SMILES string of the molecule is COc1ccc(C2(c3nnc(C4CC(c5ccccc5)NN4)o3)CCOCC2)cc1. The highest BCUT2D eigenvalue weighted by Crippen LogP contribution is 2.42. The molecule has 0 spiro atoms. The molecule has 0 saturated carbocycles. The number of aromatic nitrogens is 2. The van der Waals surface area contributed by atoms with Crippen LogP contribution in [0.2, 0.25) is 0 Å². The van der Waals surface area contributed by atoms with E-state index >= 15 is 0 Å². The van der Waals surface area contributed by atoms with Crippen LogP contribution in [0.5, 0.6) is 5.75 Å². The van der Waals surface area contributed by atoms with Gasteiger partial charge in [0.1, 0.15) is 11.8 Å². The Labute approximate surface area is 175 Å². The molecule has 0 radical (unpaired) electrons. The summed E-state index contributed by atoms with van der Waals surface area (Å²) in [5.74, 6) is 2.12. The van der Waals surface area contributed by atoms with Crippen molar-refractivity contribution in [2.75, 3.05) is 20.3 Å². The van der Waals surface area contributed by atoms with Crippen LogP contribution in [0.25, 0.3) is 0 Å². The maximum atomic E-state index is 6.29. The van der Waals surface area contributed by atoms with E-state index in [0.29, 0.717) is 25.0 Å². The van der Waals surface area contributed by atoms with Gasteiger partial charge in [-0.25, -0.2) is 10.9 Å². The summed E-state index contributed by atoms with van der Waals surface area (Å²) in [6.07, 6.45) is 2.47. The van der Waals surface area contributed by atoms with E-state index in [1.54, 1.807) is 7.11 Å². The Morgan fingerprint density at radius 1 is 0.933 bits per heavy atom. The van der Waals surface area contributed by atoms with Gasteiger partial charge in [0.2, 0.25) is 11.8 Å². The molecule has 3 heterocycles. The second-order valence-electron chi connectivity index (χ2n) is 7.91. The van der Waals surface area contributed by atoms with Gasteiger partial charge >= 0.3 is 0 Å². The Morgan fingerprint density at radius 2 is 1.67 bits per heavy atom. The van der Waals surface area contributed by atoms with E-state index < -0.39 is 0 Å². The zero-order valence-electron chi connectivity index (χ0n) is 17.0. The minimum Gasteiger partial charge on any atom is -0.497 e. The zero-order valence-corrected chi connectivity index (χ0v) is 17.0. The molecule has 0 bridgehead atoms. The molecule has 156 valence electrons. The zero-order chi connectivity index (χ0) is 20.4. The highest BCUT2D eigenvalue weighted by Gasteiger charge is 2.42. The van der Waals surface area contributed by atoms with Crippen molar-refractivity contribution in [3.8, 4) is 5.75 Å². The maximum absolute atomic E-state index is 6.29. The van der Waals surface area contributed by atoms with Gasteiger partial charge < -0.3 is 13.9 Å². The van der Waals surface area contributed by atoms with Crippen molar-refractivity contribution in [2.45, 2.75) is 36.8 Å². The molecule has 2 saturated heterocycles. The molecule has 0 amide bonds. The van der Waals surface area contributed by atoms with Crippen molar-refractivity contribution in [2.24, 2.45) is 0 Å². The molecule has 2 unspecified atom stereocenters. The average Bonchev–Trinajstić information content (AvgIpc) is 3.50. The number of rotatable bonds is 5. The van der Waals surface area contributed by atoms with Crippen LogP contribution in [0.1, 0.15) is 54.3 Å². The van der Waals surface area contributed by atoms with Crippen LogP contribution in [-0.4, -0.2) is 30.5 Å². The molecule has 2 aromatic carbocycles. The standard InChI is InChI=1S/C23H26N4O3/c1-28-18-9-7-17(8-10-18)23(11-13-29-14-12-23)22-27-26-21(30-22)20-15-19(24-25-20)16-5-3-2-4-6-16/h2-10,19-20,24-25H,11-15H2,1H3. The predicted molar refractivity (Wildman–Crippen MR) is 111 cm³/mol. The first-order valence-electron chi connectivity index (χ1n) is 10.4. The normalized spacial score (nSPS) is 23.4. The van der Waals surface area contributed by atoms with E-state index in [-0.39, 0.29) is 17.5 Å². The van der Waals surface area contributed by atoms with E-state index in [2.05, 4.69) is 57.4 Å². The lowest BCUT2D eigenvalue weighted by molar-refractivity contribution is 0.0538. The van der Waals surface area contributed by atoms with E-state index in [4.69, 9.17) is 13.9 Å². The molecule has 30 heavy (non-hydrogen) atoms. The fourth-order valence-corrected chi connectivity index (χ4v) is 4.45. The molecule has 7 nitrogen and oxygen atoms in total. The van der Waals surface area contributed by atoms with Gasteiger partial charge in [-0.3, -0.25) is 0 Å². The number of benzene rings is 2. The van der Waals surface area contributed by atoms with Gasteiger partial charge in [0.05, 0.1) is 12.5 Å². The molecule has 3 aromatic rings. The molecule has 7 heteroatoms. The lowest BCUT2D eigenvalue weighted by Gasteiger charge is -2.34. The first-order chi connectivity index (χ1) is 14.8. The number of hydrogen-bond acceptors (Lipinski definition) is 7. The third-order valence-corrected chi connectivity index (χ3v) is 6.24. The Hall–Kier alpha value is -2.74. The van der Waals surface area contributed by atoms with Crippen molar-refractivity contribution in [1.29, 1.82) is 0 Å². The molecule has 2 fully saturated rings. The lowest BCUT2D eigenvalue weighted by atomic mass is 9.74. The van der Waals surface area contributed by atoms with E-state index in [1.165, 1.54) is 5.56 Å². The van der Waals surface area contributed by atoms with Crippen molar-refractivity contribution in [1.82, 2.24) is 21.0 Å². The van der Waals surface area contributed by atoms with Crippen LogP contribution in [0.15, 0.2) is 59.0 Å². The smallest absolute Gasteiger partial charge is 0.234 e. The summed E-state index contributed by atoms with van der Waals surface area (Å²) in [6.45, 7) is 1.34. The summed E-state index contributed by atoms with van der Waals surface area (Å²) in [7, 11) is 1.68. The molecule has 5 rings (SSSR count). The second-order valence-corrected chi connectivity index (χ2v) is 7.91. The fraction of sp³-hybridized carbons (Fsp3) is 0.391. The number of ether oxygens (including phenoxy) is 2. The van der Waals surface area contributed by atoms with Crippen LogP contribution in [0.3, 0.4) is 0 Å². The molecule has 1 aromatic heterocycles. The minimum atomic E-state index is -0.333. The van der Waals surface area contributed by atoms with Crippen LogP contribution in [0, 0.1) is 0 Å². The topological polar surface area (TPSA) is 81.4 Å². The van der Waals surface area contributed by atoms with E-state index in [9.17, 15) is 0 Å². The van der Waals surface area contributed by atoms with E-state index in [1.807, 2.05) is 18.2 Å². The molecule has 2 atom stereocenters. The molecule has 2 aliphatic heterocycles.